The molecule has 1 amide bonds. The molecule has 154 valence electrons. The van der Waals surface area contributed by atoms with Crippen molar-refractivity contribution in [1.82, 2.24) is 5.32 Å². The van der Waals surface area contributed by atoms with E-state index in [-0.39, 0.29) is 22.5 Å². The molecule has 0 spiro atoms. The molecule has 7 nitrogen and oxygen atoms in total. The van der Waals surface area contributed by atoms with Crippen LogP contribution in [-0.4, -0.2) is 39.0 Å². The Balaban J connectivity index is 1.82. The Bertz CT molecular complexity index is 1030. The van der Waals surface area contributed by atoms with Gasteiger partial charge in [-0.2, -0.15) is 0 Å². The molecule has 0 radical (unpaired) electrons. The van der Waals surface area contributed by atoms with Gasteiger partial charge in [0.05, 0.1) is 16.1 Å². The molecule has 0 fully saturated rings. The van der Waals surface area contributed by atoms with Crippen molar-refractivity contribution in [2.45, 2.75) is 44.2 Å². The summed E-state index contributed by atoms with van der Waals surface area (Å²) in [6.45, 7) is 5.02. The third-order valence-electron chi connectivity index (χ3n) is 4.56. The molecule has 0 saturated carbocycles. The van der Waals surface area contributed by atoms with Crippen molar-refractivity contribution in [2.24, 2.45) is 0 Å². The Morgan fingerprint density at radius 1 is 1.17 bits per heavy atom. The van der Waals surface area contributed by atoms with E-state index in [1.54, 1.807) is 26.0 Å². The molecule has 2 aromatic carbocycles. The zero-order valence-electron chi connectivity index (χ0n) is 16.6. The number of benzene rings is 2. The number of rotatable bonds is 6. The van der Waals surface area contributed by atoms with Crippen LogP contribution in [0.4, 0.5) is 5.69 Å². The first kappa shape index (κ1) is 20.9. The minimum absolute atomic E-state index is 0.00198. The van der Waals surface area contributed by atoms with E-state index in [2.05, 4.69) is 5.32 Å². The van der Waals surface area contributed by atoms with Gasteiger partial charge in [0, 0.05) is 12.1 Å². The molecule has 1 heterocycles. The van der Waals surface area contributed by atoms with Gasteiger partial charge in [-0.15, -0.1) is 0 Å². The van der Waals surface area contributed by atoms with E-state index in [4.69, 9.17) is 4.74 Å². The predicted molar refractivity (Wildman–Crippen MR) is 109 cm³/mol. The molecule has 0 saturated heterocycles. The number of esters is 1. The lowest BCUT2D eigenvalue weighted by atomic mass is 10.1. The maximum atomic E-state index is 13.3. The number of anilines is 1. The van der Waals surface area contributed by atoms with Crippen molar-refractivity contribution >= 4 is 27.6 Å². The summed E-state index contributed by atoms with van der Waals surface area (Å²) in [5.74, 6) is -1.17. The number of carbonyl (C=O) groups is 2. The number of nitrogens with zero attached hydrogens (tertiary/aromatic N) is 1. The lowest BCUT2D eigenvalue weighted by Gasteiger charge is -2.24. The van der Waals surface area contributed by atoms with E-state index in [0.717, 1.165) is 5.56 Å². The Kier molecular flexibility index (Phi) is 5.93. The Morgan fingerprint density at radius 3 is 2.62 bits per heavy atom. The first-order valence-electron chi connectivity index (χ1n) is 9.39. The zero-order valence-corrected chi connectivity index (χ0v) is 17.4. The minimum atomic E-state index is -3.86. The number of amides is 1. The Morgan fingerprint density at radius 2 is 1.90 bits per heavy atom. The van der Waals surface area contributed by atoms with Crippen molar-refractivity contribution in [3.63, 3.8) is 0 Å². The Labute approximate surface area is 170 Å². The largest absolute Gasteiger partial charge is 0.452 e. The fourth-order valence-electron chi connectivity index (χ4n) is 3.38. The molecule has 2 aromatic rings. The molecule has 1 N–H and O–H groups in total. The fourth-order valence-corrected chi connectivity index (χ4v) is 5.12. The van der Waals surface area contributed by atoms with Crippen molar-refractivity contribution in [3.8, 4) is 0 Å². The highest BCUT2D eigenvalue weighted by molar-refractivity contribution is 7.92. The molecule has 1 atom stereocenters. The van der Waals surface area contributed by atoms with Gasteiger partial charge >= 0.3 is 5.97 Å². The second kappa shape index (κ2) is 8.24. The van der Waals surface area contributed by atoms with Gasteiger partial charge < -0.3 is 10.1 Å². The van der Waals surface area contributed by atoms with Crippen LogP contribution in [0.3, 0.4) is 0 Å². The van der Waals surface area contributed by atoms with Crippen LogP contribution in [0.5, 0.6) is 0 Å². The average Bonchev–Trinajstić information content (AvgIpc) is 3.02. The van der Waals surface area contributed by atoms with Crippen molar-refractivity contribution in [1.29, 1.82) is 0 Å². The van der Waals surface area contributed by atoms with Gasteiger partial charge in [-0.05, 0) is 57.0 Å². The summed E-state index contributed by atoms with van der Waals surface area (Å²) in [7, 11) is -3.86. The molecule has 0 bridgehead atoms. The molecule has 0 aromatic heterocycles. The summed E-state index contributed by atoms with van der Waals surface area (Å²) in [6.07, 6.45) is 0.627. The third kappa shape index (κ3) is 4.42. The summed E-state index contributed by atoms with van der Waals surface area (Å²) in [6, 6.07) is 12.8. The van der Waals surface area contributed by atoms with Crippen LogP contribution >= 0.6 is 0 Å². The smallest absolute Gasteiger partial charge is 0.338 e. The van der Waals surface area contributed by atoms with Gasteiger partial charge in [-0.3, -0.25) is 9.10 Å². The van der Waals surface area contributed by atoms with Crippen LogP contribution in [0.1, 0.15) is 36.7 Å². The molecular weight excluding hydrogens is 392 g/mol. The van der Waals surface area contributed by atoms with E-state index >= 15 is 0 Å². The number of fused-ring (bicyclic) bond motifs is 1. The van der Waals surface area contributed by atoms with E-state index in [1.165, 1.54) is 28.6 Å². The molecule has 1 aliphatic heterocycles. The SMILES string of the molecule is CC(C)NC(=O)COC(=O)c1cccc(S(=O)(=O)N2c3ccccc3C[C@H]2C)c1. The molecule has 29 heavy (non-hydrogen) atoms. The lowest BCUT2D eigenvalue weighted by Crippen LogP contribution is -2.35. The van der Waals surface area contributed by atoms with Crippen LogP contribution in [0.2, 0.25) is 0 Å². The molecule has 0 aliphatic carbocycles. The predicted octanol–water partition coefficient (Wildman–Crippen LogP) is 2.51. The number of nitrogens with one attached hydrogen (secondary N) is 1. The molecular formula is C21H24N2O5S. The van der Waals surface area contributed by atoms with Gasteiger partial charge in [0.2, 0.25) is 0 Å². The topological polar surface area (TPSA) is 92.8 Å². The summed E-state index contributed by atoms with van der Waals surface area (Å²) < 4.78 is 33.0. The zero-order chi connectivity index (χ0) is 21.2. The lowest BCUT2D eigenvalue weighted by molar-refractivity contribution is -0.124. The van der Waals surface area contributed by atoms with Gasteiger partial charge in [0.15, 0.2) is 6.61 Å². The van der Waals surface area contributed by atoms with E-state index in [1.807, 2.05) is 19.1 Å². The number of hydrogen-bond donors (Lipinski definition) is 1. The monoisotopic (exact) mass is 416 g/mol. The minimum Gasteiger partial charge on any atom is -0.452 e. The van der Waals surface area contributed by atoms with Crippen LogP contribution in [0.15, 0.2) is 53.4 Å². The number of hydrogen-bond acceptors (Lipinski definition) is 5. The van der Waals surface area contributed by atoms with Crippen LogP contribution in [0.25, 0.3) is 0 Å². The van der Waals surface area contributed by atoms with Crippen molar-refractivity contribution in [2.75, 3.05) is 10.9 Å². The third-order valence-corrected chi connectivity index (χ3v) is 6.48. The van der Waals surface area contributed by atoms with E-state index in [9.17, 15) is 18.0 Å². The normalized spacial score (nSPS) is 15.9. The summed E-state index contributed by atoms with van der Waals surface area (Å²) >= 11 is 0. The van der Waals surface area contributed by atoms with Crippen LogP contribution in [0, 0.1) is 0 Å². The van der Waals surface area contributed by atoms with Crippen LogP contribution in [-0.2, 0) is 26.0 Å². The van der Waals surface area contributed by atoms with E-state index < -0.39 is 28.5 Å². The van der Waals surface area contributed by atoms with Gasteiger partial charge in [-0.25, -0.2) is 13.2 Å². The van der Waals surface area contributed by atoms with Crippen LogP contribution < -0.4 is 9.62 Å². The average molecular weight is 416 g/mol. The van der Waals surface area contributed by atoms with Gasteiger partial charge in [0.1, 0.15) is 0 Å². The van der Waals surface area contributed by atoms with Crippen molar-refractivity contribution < 1.29 is 22.7 Å². The standard InChI is InChI=1S/C21H24N2O5S/c1-14(2)22-20(24)13-28-21(25)17-8-6-9-18(12-17)29(26,27)23-15(3)11-16-7-4-5-10-19(16)23/h4-10,12,14-15H,11,13H2,1-3H3,(H,22,24)/t15-/m1/s1. The maximum Gasteiger partial charge on any atom is 0.338 e. The van der Waals surface area contributed by atoms with Crippen molar-refractivity contribution in [3.05, 3.63) is 59.7 Å². The Hall–Kier alpha value is -2.87. The van der Waals surface area contributed by atoms with Gasteiger partial charge in [-0.1, -0.05) is 24.3 Å². The summed E-state index contributed by atoms with van der Waals surface area (Å²) in [4.78, 5) is 23.9. The summed E-state index contributed by atoms with van der Waals surface area (Å²) in [5.41, 5.74) is 1.69. The molecule has 8 heteroatoms. The van der Waals surface area contributed by atoms with E-state index in [0.29, 0.717) is 12.1 Å². The maximum absolute atomic E-state index is 13.3. The number of para-hydroxylation sites is 1. The fraction of sp³-hybridized carbons (Fsp3) is 0.333. The first-order valence-corrected chi connectivity index (χ1v) is 10.8. The number of ether oxygens (including phenoxy) is 1. The number of sulfonamides is 1. The summed E-state index contributed by atoms with van der Waals surface area (Å²) in [5, 5.41) is 2.62. The highest BCUT2D eigenvalue weighted by atomic mass is 32.2. The molecule has 1 aliphatic rings. The second-order valence-electron chi connectivity index (χ2n) is 7.31. The number of carbonyl (C=O) groups excluding carboxylic acids is 2. The highest BCUT2D eigenvalue weighted by Crippen LogP contribution is 2.36. The second-order valence-corrected chi connectivity index (χ2v) is 9.12. The first-order chi connectivity index (χ1) is 13.7. The van der Waals surface area contributed by atoms with Gasteiger partial charge in [0.25, 0.3) is 15.9 Å². The molecule has 0 unspecified atom stereocenters. The quantitative estimate of drug-likeness (QED) is 0.731. The highest BCUT2D eigenvalue weighted by Gasteiger charge is 2.36. The molecule has 3 rings (SSSR count).